The van der Waals surface area contributed by atoms with Crippen LogP contribution in [-0.4, -0.2) is 62.2 Å². The number of benzene rings is 1. The van der Waals surface area contributed by atoms with Crippen LogP contribution in [0.3, 0.4) is 0 Å². The lowest BCUT2D eigenvalue weighted by Crippen LogP contribution is -2.52. The molecule has 4 rings (SSSR count). The van der Waals surface area contributed by atoms with Gasteiger partial charge in [-0.1, -0.05) is 24.3 Å². The topological polar surface area (TPSA) is 78.0 Å². The number of carbonyl (C=O) groups is 2. The van der Waals surface area contributed by atoms with E-state index in [9.17, 15) is 18.0 Å². The second kappa shape index (κ2) is 7.65. The minimum absolute atomic E-state index is 0.0524. The Kier molecular flexibility index (Phi) is 5.22. The van der Waals surface area contributed by atoms with Crippen molar-refractivity contribution < 1.29 is 18.0 Å². The Morgan fingerprint density at radius 3 is 2.36 bits per heavy atom. The van der Waals surface area contributed by atoms with E-state index < -0.39 is 10.0 Å². The molecule has 1 aromatic heterocycles. The Bertz CT molecular complexity index is 952. The van der Waals surface area contributed by atoms with Crippen molar-refractivity contribution in [3.63, 3.8) is 0 Å². The number of thiophene rings is 1. The first kappa shape index (κ1) is 19.1. The van der Waals surface area contributed by atoms with Crippen LogP contribution in [-0.2, 0) is 19.6 Å². The van der Waals surface area contributed by atoms with Crippen LogP contribution >= 0.6 is 11.3 Å². The number of sulfonamides is 1. The summed E-state index contributed by atoms with van der Waals surface area (Å²) < 4.78 is 27.0. The summed E-state index contributed by atoms with van der Waals surface area (Å²) in [7, 11) is -3.49. The first-order chi connectivity index (χ1) is 13.5. The normalized spacial score (nSPS) is 21.3. The lowest BCUT2D eigenvalue weighted by molar-refractivity contribution is -0.136. The quantitative estimate of drug-likeness (QED) is 0.755. The van der Waals surface area contributed by atoms with Crippen molar-refractivity contribution in [2.24, 2.45) is 5.92 Å². The Morgan fingerprint density at radius 2 is 1.71 bits per heavy atom. The molecule has 2 fully saturated rings. The Balaban J connectivity index is 1.38. The predicted octanol–water partition coefficient (Wildman–Crippen LogP) is 1.63. The molecule has 0 bridgehead atoms. The number of piperazine rings is 1. The van der Waals surface area contributed by atoms with Gasteiger partial charge < -0.3 is 9.80 Å². The third-order valence-corrected chi connectivity index (χ3v) is 8.45. The molecule has 2 amide bonds. The SMILES string of the molecule is O=C([C@H]1CC(=O)N(c2ccccc2)C1)N1CCN(S(=O)(=O)c2cccs2)CC1. The fourth-order valence-electron chi connectivity index (χ4n) is 3.68. The molecule has 2 aliphatic rings. The van der Waals surface area contributed by atoms with E-state index in [2.05, 4.69) is 0 Å². The van der Waals surface area contributed by atoms with E-state index in [4.69, 9.17) is 0 Å². The first-order valence-corrected chi connectivity index (χ1v) is 11.5. The maximum absolute atomic E-state index is 12.9. The second-order valence-electron chi connectivity index (χ2n) is 6.90. The Hall–Kier alpha value is -2.23. The summed E-state index contributed by atoms with van der Waals surface area (Å²) in [5, 5.41) is 1.74. The highest BCUT2D eigenvalue weighted by Crippen LogP contribution is 2.27. The molecule has 1 aromatic carbocycles. The van der Waals surface area contributed by atoms with E-state index in [1.165, 1.54) is 15.6 Å². The van der Waals surface area contributed by atoms with Gasteiger partial charge in [0.1, 0.15) is 4.21 Å². The standard InChI is InChI=1S/C19H21N3O4S2/c23-17-13-15(14-22(17)16-5-2-1-3-6-16)19(24)20-8-10-21(11-9-20)28(25,26)18-7-4-12-27-18/h1-7,12,15H,8-11,13-14H2/t15-/m0/s1. The third-order valence-electron chi connectivity index (χ3n) is 5.18. The van der Waals surface area contributed by atoms with Crippen LogP contribution in [0.2, 0.25) is 0 Å². The maximum atomic E-state index is 12.9. The fourth-order valence-corrected chi connectivity index (χ4v) is 6.24. The molecule has 9 heteroatoms. The van der Waals surface area contributed by atoms with Gasteiger partial charge in [0.2, 0.25) is 11.8 Å². The third kappa shape index (κ3) is 3.57. The molecule has 0 saturated carbocycles. The van der Waals surface area contributed by atoms with Gasteiger partial charge in [-0.3, -0.25) is 9.59 Å². The summed E-state index contributed by atoms with van der Waals surface area (Å²) in [5.41, 5.74) is 0.801. The summed E-state index contributed by atoms with van der Waals surface area (Å²) in [6, 6.07) is 12.6. The molecule has 2 aromatic rings. The maximum Gasteiger partial charge on any atom is 0.252 e. The molecule has 3 heterocycles. The highest BCUT2D eigenvalue weighted by molar-refractivity contribution is 7.91. The van der Waals surface area contributed by atoms with Gasteiger partial charge in [-0.15, -0.1) is 11.3 Å². The second-order valence-corrected chi connectivity index (χ2v) is 10.0. The number of carbonyl (C=O) groups excluding carboxylic acids is 2. The van der Waals surface area contributed by atoms with E-state index in [-0.39, 0.29) is 37.2 Å². The molecule has 0 aliphatic carbocycles. The van der Waals surface area contributed by atoms with Crippen molar-refractivity contribution >= 4 is 38.9 Å². The fraction of sp³-hybridized carbons (Fsp3) is 0.368. The predicted molar refractivity (Wildman–Crippen MR) is 107 cm³/mol. The van der Waals surface area contributed by atoms with Crippen LogP contribution in [0, 0.1) is 5.92 Å². The lowest BCUT2D eigenvalue weighted by Gasteiger charge is -2.34. The molecule has 1 atom stereocenters. The van der Waals surface area contributed by atoms with Gasteiger partial charge in [-0.05, 0) is 23.6 Å². The summed E-state index contributed by atoms with van der Waals surface area (Å²) in [6.45, 7) is 1.61. The first-order valence-electron chi connectivity index (χ1n) is 9.14. The number of hydrogen-bond acceptors (Lipinski definition) is 5. The molecular formula is C19H21N3O4S2. The molecular weight excluding hydrogens is 398 g/mol. The Labute approximate surface area is 168 Å². The van der Waals surface area contributed by atoms with Crippen molar-refractivity contribution in [1.82, 2.24) is 9.21 Å². The number of amides is 2. The van der Waals surface area contributed by atoms with Gasteiger partial charge >= 0.3 is 0 Å². The number of hydrogen-bond donors (Lipinski definition) is 0. The lowest BCUT2D eigenvalue weighted by atomic mass is 10.1. The molecule has 2 saturated heterocycles. The van der Waals surface area contributed by atoms with Crippen LogP contribution in [0.15, 0.2) is 52.1 Å². The van der Waals surface area contributed by atoms with E-state index >= 15 is 0 Å². The van der Waals surface area contributed by atoms with E-state index in [0.717, 1.165) is 5.69 Å². The molecule has 7 nitrogen and oxygen atoms in total. The zero-order valence-electron chi connectivity index (χ0n) is 15.2. The monoisotopic (exact) mass is 419 g/mol. The Morgan fingerprint density at radius 1 is 1.00 bits per heavy atom. The number of anilines is 1. The van der Waals surface area contributed by atoms with Gasteiger partial charge in [-0.25, -0.2) is 8.42 Å². The van der Waals surface area contributed by atoms with E-state index in [0.29, 0.717) is 23.8 Å². The highest BCUT2D eigenvalue weighted by Gasteiger charge is 2.39. The van der Waals surface area contributed by atoms with Crippen LogP contribution in [0.25, 0.3) is 0 Å². The van der Waals surface area contributed by atoms with E-state index in [1.54, 1.807) is 27.3 Å². The van der Waals surface area contributed by atoms with Gasteiger partial charge in [0.15, 0.2) is 0 Å². The van der Waals surface area contributed by atoms with E-state index in [1.807, 2.05) is 30.3 Å². The molecule has 0 spiro atoms. The van der Waals surface area contributed by atoms with Crippen LogP contribution in [0.4, 0.5) is 5.69 Å². The largest absolute Gasteiger partial charge is 0.340 e. The number of rotatable bonds is 4. The molecule has 28 heavy (non-hydrogen) atoms. The van der Waals surface area contributed by atoms with Crippen LogP contribution < -0.4 is 4.90 Å². The summed E-state index contributed by atoms with van der Waals surface area (Å²) in [5.74, 6) is -0.503. The van der Waals surface area contributed by atoms with Crippen molar-refractivity contribution in [3.8, 4) is 0 Å². The van der Waals surface area contributed by atoms with Gasteiger partial charge in [0.05, 0.1) is 5.92 Å². The molecule has 148 valence electrons. The molecule has 0 N–H and O–H groups in total. The number of para-hydroxylation sites is 1. The molecule has 0 unspecified atom stereocenters. The minimum atomic E-state index is -3.49. The van der Waals surface area contributed by atoms with Gasteiger partial charge in [0, 0.05) is 44.8 Å². The van der Waals surface area contributed by atoms with Gasteiger partial charge in [0.25, 0.3) is 10.0 Å². The summed E-state index contributed by atoms with van der Waals surface area (Å²) in [4.78, 5) is 28.6. The van der Waals surface area contributed by atoms with Crippen molar-refractivity contribution in [2.45, 2.75) is 10.6 Å². The minimum Gasteiger partial charge on any atom is -0.340 e. The zero-order valence-corrected chi connectivity index (χ0v) is 16.9. The van der Waals surface area contributed by atoms with Crippen LogP contribution in [0.5, 0.6) is 0 Å². The smallest absolute Gasteiger partial charge is 0.252 e. The summed E-state index contributed by atoms with van der Waals surface area (Å²) in [6.07, 6.45) is 0.196. The van der Waals surface area contributed by atoms with Crippen molar-refractivity contribution in [1.29, 1.82) is 0 Å². The molecule has 2 aliphatic heterocycles. The van der Waals surface area contributed by atoms with Crippen molar-refractivity contribution in [2.75, 3.05) is 37.6 Å². The van der Waals surface area contributed by atoms with Crippen molar-refractivity contribution in [3.05, 3.63) is 47.8 Å². The highest BCUT2D eigenvalue weighted by atomic mass is 32.2. The zero-order chi connectivity index (χ0) is 19.7. The number of nitrogens with zero attached hydrogens (tertiary/aromatic N) is 3. The average Bonchev–Trinajstić information content (AvgIpc) is 3.39. The van der Waals surface area contributed by atoms with Crippen LogP contribution in [0.1, 0.15) is 6.42 Å². The van der Waals surface area contributed by atoms with Gasteiger partial charge in [-0.2, -0.15) is 4.31 Å². The average molecular weight is 420 g/mol. The molecule has 0 radical (unpaired) electrons. The summed E-state index contributed by atoms with van der Waals surface area (Å²) >= 11 is 1.20.